The number of amides is 1. The summed E-state index contributed by atoms with van der Waals surface area (Å²) in [6.07, 6.45) is 2.16. The molecule has 2 aromatic rings. The molecule has 25 heavy (non-hydrogen) atoms. The zero-order chi connectivity index (χ0) is 18.0. The smallest absolute Gasteiger partial charge is 0.273 e. The molecule has 1 aliphatic rings. The number of rotatable bonds is 4. The number of likely N-dealkylation sites (tertiary alicyclic amines) is 1. The minimum atomic E-state index is 0.0528. The Kier molecular flexibility index (Phi) is 5.42. The third-order valence-electron chi connectivity index (χ3n) is 4.96. The van der Waals surface area contributed by atoms with Crippen LogP contribution < -0.4 is 4.74 Å². The number of carbonyl (C=O) groups is 1. The molecular weight excluding hydrogens is 332 g/mol. The molecule has 1 aliphatic heterocycles. The molecule has 1 aromatic carbocycles. The van der Waals surface area contributed by atoms with Crippen LogP contribution in [-0.2, 0) is 6.61 Å². The lowest BCUT2D eigenvalue weighted by Crippen LogP contribution is -2.38. The van der Waals surface area contributed by atoms with Crippen LogP contribution in [0.25, 0.3) is 0 Å². The Morgan fingerprint density at radius 2 is 2.00 bits per heavy atom. The van der Waals surface area contributed by atoms with Gasteiger partial charge in [-0.2, -0.15) is 0 Å². The summed E-state index contributed by atoms with van der Waals surface area (Å²) in [7, 11) is 0. The molecule has 1 aromatic heterocycles. The maximum absolute atomic E-state index is 12.6. The molecule has 0 bridgehead atoms. The summed E-state index contributed by atoms with van der Waals surface area (Å²) in [5.41, 5.74) is 4.12. The Bertz CT molecular complexity index is 761. The molecule has 0 spiro atoms. The van der Waals surface area contributed by atoms with Gasteiger partial charge in [0.25, 0.3) is 5.91 Å². The third kappa shape index (κ3) is 4.21. The van der Waals surface area contributed by atoms with E-state index in [1.165, 1.54) is 22.5 Å². The molecule has 134 valence electrons. The van der Waals surface area contributed by atoms with E-state index in [1.807, 2.05) is 10.3 Å². The maximum Gasteiger partial charge on any atom is 0.273 e. The number of aromatic nitrogens is 1. The lowest BCUT2D eigenvalue weighted by Gasteiger charge is -2.29. The predicted octanol–water partition coefficient (Wildman–Crippen LogP) is 4.52. The summed E-state index contributed by atoms with van der Waals surface area (Å²) in [4.78, 5) is 19.0. The van der Waals surface area contributed by atoms with Crippen LogP contribution >= 0.6 is 11.3 Å². The first-order chi connectivity index (χ1) is 11.9. The van der Waals surface area contributed by atoms with Crippen molar-refractivity contribution in [3.8, 4) is 5.75 Å². The summed E-state index contributed by atoms with van der Waals surface area (Å²) < 4.78 is 5.96. The highest BCUT2D eigenvalue weighted by Gasteiger charge is 2.23. The Morgan fingerprint density at radius 3 is 2.72 bits per heavy atom. The highest BCUT2D eigenvalue weighted by Crippen LogP contribution is 2.25. The molecule has 0 N–H and O–H groups in total. The fraction of sp³-hybridized carbons (Fsp3) is 0.500. The zero-order valence-corrected chi connectivity index (χ0v) is 16.3. The summed E-state index contributed by atoms with van der Waals surface area (Å²) in [6, 6.07) is 4.21. The lowest BCUT2D eigenvalue weighted by molar-refractivity contribution is 0.0691. The van der Waals surface area contributed by atoms with Crippen LogP contribution in [0.1, 0.15) is 52.0 Å². The van der Waals surface area contributed by atoms with Gasteiger partial charge in [0.05, 0.1) is 0 Å². The predicted molar refractivity (Wildman–Crippen MR) is 101 cm³/mol. The van der Waals surface area contributed by atoms with Crippen LogP contribution in [0.4, 0.5) is 0 Å². The summed E-state index contributed by atoms with van der Waals surface area (Å²) in [5, 5.41) is 2.69. The second kappa shape index (κ2) is 7.56. The van der Waals surface area contributed by atoms with Crippen LogP contribution in [0.3, 0.4) is 0 Å². The van der Waals surface area contributed by atoms with Crippen LogP contribution in [0.2, 0.25) is 0 Å². The zero-order valence-electron chi connectivity index (χ0n) is 15.5. The Hall–Kier alpha value is -1.88. The van der Waals surface area contributed by atoms with Gasteiger partial charge in [-0.25, -0.2) is 4.98 Å². The van der Waals surface area contributed by atoms with E-state index in [0.29, 0.717) is 18.2 Å². The first-order valence-corrected chi connectivity index (χ1v) is 9.76. The largest absolute Gasteiger partial charge is 0.486 e. The van der Waals surface area contributed by atoms with E-state index in [1.54, 1.807) is 0 Å². The van der Waals surface area contributed by atoms with E-state index >= 15 is 0 Å². The van der Waals surface area contributed by atoms with Crippen LogP contribution in [0.5, 0.6) is 5.75 Å². The van der Waals surface area contributed by atoms with Gasteiger partial charge >= 0.3 is 0 Å². The van der Waals surface area contributed by atoms with Gasteiger partial charge in [0.15, 0.2) is 0 Å². The van der Waals surface area contributed by atoms with Crippen molar-refractivity contribution in [3.05, 3.63) is 44.9 Å². The van der Waals surface area contributed by atoms with Crippen molar-refractivity contribution < 1.29 is 9.53 Å². The Morgan fingerprint density at radius 1 is 1.28 bits per heavy atom. The quantitative estimate of drug-likeness (QED) is 0.807. The van der Waals surface area contributed by atoms with Crippen molar-refractivity contribution in [2.45, 2.75) is 47.1 Å². The number of ether oxygens (including phenoxy) is 1. The minimum Gasteiger partial charge on any atom is -0.486 e. The first-order valence-electron chi connectivity index (χ1n) is 8.88. The molecule has 1 fully saturated rings. The average Bonchev–Trinajstić information content (AvgIpc) is 3.06. The van der Waals surface area contributed by atoms with E-state index in [4.69, 9.17) is 4.74 Å². The van der Waals surface area contributed by atoms with Crippen molar-refractivity contribution >= 4 is 17.2 Å². The number of hydrogen-bond donors (Lipinski definition) is 0. The number of aryl methyl sites for hydroxylation is 2. The number of nitrogens with zero attached hydrogens (tertiary/aromatic N) is 2. The maximum atomic E-state index is 12.6. The van der Waals surface area contributed by atoms with Crippen molar-refractivity contribution in [2.24, 2.45) is 5.92 Å². The van der Waals surface area contributed by atoms with Gasteiger partial charge in [-0.1, -0.05) is 13.0 Å². The first kappa shape index (κ1) is 17.9. The SMILES string of the molecule is Cc1cc(C)c(C)c(OCc2nc(C(=O)N3CCC(C)CC3)cs2)c1. The van der Waals surface area contributed by atoms with E-state index in [2.05, 4.69) is 44.8 Å². The average molecular weight is 359 g/mol. The Labute approximate surface area is 153 Å². The van der Waals surface area contributed by atoms with Gasteiger partial charge < -0.3 is 9.64 Å². The monoisotopic (exact) mass is 358 g/mol. The molecule has 1 saturated heterocycles. The van der Waals surface area contributed by atoms with E-state index in [0.717, 1.165) is 42.3 Å². The topological polar surface area (TPSA) is 42.4 Å². The molecule has 5 heteroatoms. The molecule has 0 aliphatic carbocycles. The molecule has 0 unspecified atom stereocenters. The minimum absolute atomic E-state index is 0.0528. The van der Waals surface area contributed by atoms with E-state index in [9.17, 15) is 4.79 Å². The van der Waals surface area contributed by atoms with Crippen LogP contribution in [0, 0.1) is 26.7 Å². The molecule has 3 rings (SSSR count). The molecule has 0 atom stereocenters. The van der Waals surface area contributed by atoms with Crippen molar-refractivity contribution in [2.75, 3.05) is 13.1 Å². The summed E-state index contributed by atoms with van der Waals surface area (Å²) in [6.45, 7) is 10.6. The molecule has 0 radical (unpaired) electrons. The van der Waals surface area contributed by atoms with Gasteiger partial charge in [0, 0.05) is 18.5 Å². The lowest BCUT2D eigenvalue weighted by atomic mass is 9.99. The normalized spacial score (nSPS) is 15.4. The van der Waals surface area contributed by atoms with Gasteiger partial charge in [0.1, 0.15) is 23.1 Å². The van der Waals surface area contributed by atoms with Crippen molar-refractivity contribution in [1.82, 2.24) is 9.88 Å². The highest BCUT2D eigenvalue weighted by atomic mass is 32.1. The van der Waals surface area contributed by atoms with E-state index < -0.39 is 0 Å². The number of thiazole rings is 1. The van der Waals surface area contributed by atoms with Gasteiger partial charge in [-0.15, -0.1) is 11.3 Å². The second-order valence-electron chi connectivity index (χ2n) is 7.09. The van der Waals surface area contributed by atoms with Crippen LogP contribution in [-0.4, -0.2) is 28.9 Å². The fourth-order valence-corrected chi connectivity index (χ4v) is 3.82. The summed E-state index contributed by atoms with van der Waals surface area (Å²) >= 11 is 1.49. The number of piperidine rings is 1. The van der Waals surface area contributed by atoms with Gasteiger partial charge in [0.2, 0.25) is 0 Å². The molecule has 4 nitrogen and oxygen atoms in total. The fourth-order valence-electron chi connectivity index (χ4n) is 3.14. The number of carbonyl (C=O) groups excluding carboxylic acids is 1. The molecule has 0 saturated carbocycles. The second-order valence-corrected chi connectivity index (χ2v) is 8.04. The number of hydrogen-bond acceptors (Lipinski definition) is 4. The highest BCUT2D eigenvalue weighted by molar-refractivity contribution is 7.09. The molecule has 2 heterocycles. The Balaban J connectivity index is 1.63. The van der Waals surface area contributed by atoms with Gasteiger partial charge in [-0.3, -0.25) is 4.79 Å². The van der Waals surface area contributed by atoms with Crippen molar-refractivity contribution in [1.29, 1.82) is 0 Å². The molecular formula is C20H26N2O2S. The van der Waals surface area contributed by atoms with E-state index in [-0.39, 0.29) is 5.91 Å². The molecule has 1 amide bonds. The summed E-state index contributed by atoms with van der Waals surface area (Å²) in [5.74, 6) is 1.66. The van der Waals surface area contributed by atoms with Gasteiger partial charge in [-0.05, 0) is 62.3 Å². The van der Waals surface area contributed by atoms with Crippen molar-refractivity contribution in [3.63, 3.8) is 0 Å². The standard InChI is InChI=1S/C20H26N2O2S/c1-13-5-7-22(8-6-13)20(23)17-12-25-19(21-17)11-24-18-10-14(2)9-15(3)16(18)4/h9-10,12-13H,5-8,11H2,1-4H3. The van der Waals surface area contributed by atoms with Crippen LogP contribution in [0.15, 0.2) is 17.5 Å². The number of benzene rings is 1. The third-order valence-corrected chi connectivity index (χ3v) is 5.78.